The number of nitrogens with one attached hydrogen (secondary N) is 1. The molecular formula is C17H19NO4S2. The minimum Gasteiger partial charge on any atom is -0.490 e. The van der Waals surface area contributed by atoms with E-state index in [-0.39, 0.29) is 0 Å². The Bertz CT molecular complexity index is 956. The quantitative estimate of drug-likeness (QED) is 0.709. The topological polar surface area (TPSA) is 68.5 Å². The lowest BCUT2D eigenvalue weighted by Gasteiger charge is -2.10. The second-order valence-corrected chi connectivity index (χ2v) is 8.69. The molecule has 5 nitrogen and oxygen atoms in total. The Kier molecular flexibility index (Phi) is 4.67. The Morgan fingerprint density at radius 3 is 2.75 bits per heavy atom. The Morgan fingerprint density at radius 2 is 2.08 bits per heavy atom. The minimum atomic E-state index is -3.57. The van der Waals surface area contributed by atoms with Crippen LogP contribution in [0.3, 0.4) is 0 Å². The summed E-state index contributed by atoms with van der Waals surface area (Å²) in [5.74, 6) is 1.21. The van der Waals surface area contributed by atoms with Gasteiger partial charge in [-0.1, -0.05) is 12.1 Å². The van der Waals surface area contributed by atoms with E-state index in [2.05, 4.69) is 4.72 Å². The molecule has 0 saturated carbocycles. The normalized spacial score (nSPS) is 13.3. The third-order valence-corrected chi connectivity index (χ3v) is 6.60. The van der Waals surface area contributed by atoms with E-state index in [1.165, 1.54) is 11.3 Å². The van der Waals surface area contributed by atoms with Gasteiger partial charge < -0.3 is 9.15 Å². The van der Waals surface area contributed by atoms with Crippen molar-refractivity contribution in [3.05, 3.63) is 47.0 Å². The van der Waals surface area contributed by atoms with Crippen LogP contribution in [0.5, 0.6) is 5.75 Å². The predicted molar refractivity (Wildman–Crippen MR) is 95.2 cm³/mol. The van der Waals surface area contributed by atoms with Crippen LogP contribution in [0, 0.1) is 6.92 Å². The predicted octanol–water partition coefficient (Wildman–Crippen LogP) is 4.24. The lowest BCUT2D eigenvalue weighted by Crippen LogP contribution is -2.25. The van der Waals surface area contributed by atoms with Gasteiger partial charge in [0.15, 0.2) is 11.3 Å². The van der Waals surface area contributed by atoms with Crippen molar-refractivity contribution in [1.82, 2.24) is 4.72 Å². The van der Waals surface area contributed by atoms with Gasteiger partial charge >= 0.3 is 0 Å². The fourth-order valence-electron chi connectivity index (χ4n) is 2.44. The van der Waals surface area contributed by atoms with Crippen LogP contribution in [-0.4, -0.2) is 15.0 Å². The van der Waals surface area contributed by atoms with Gasteiger partial charge in [0.05, 0.1) is 12.6 Å². The number of fused-ring (bicyclic) bond motifs is 1. The van der Waals surface area contributed by atoms with Gasteiger partial charge in [-0.3, -0.25) is 0 Å². The third kappa shape index (κ3) is 3.33. The lowest BCUT2D eigenvalue weighted by molar-refractivity contribution is 0.336. The Balaban J connectivity index is 1.89. The molecule has 24 heavy (non-hydrogen) atoms. The molecule has 1 atom stereocenters. The first-order valence-corrected chi connectivity index (χ1v) is 9.94. The minimum absolute atomic E-state index is 0.304. The highest BCUT2D eigenvalue weighted by Gasteiger charge is 2.22. The van der Waals surface area contributed by atoms with E-state index in [0.29, 0.717) is 27.9 Å². The summed E-state index contributed by atoms with van der Waals surface area (Å²) in [7, 11) is -3.57. The molecule has 2 heterocycles. The smallest absolute Gasteiger partial charge is 0.250 e. The van der Waals surface area contributed by atoms with Gasteiger partial charge in [-0.15, -0.1) is 11.3 Å². The van der Waals surface area contributed by atoms with Crippen LogP contribution in [-0.2, 0) is 10.0 Å². The Labute approximate surface area is 145 Å². The van der Waals surface area contributed by atoms with Crippen molar-refractivity contribution in [3.8, 4) is 5.75 Å². The number of rotatable bonds is 6. The first-order valence-electron chi connectivity index (χ1n) is 7.64. The molecule has 0 aliphatic rings. The standard InChI is InChI=1S/C17H19NO4S2/c1-4-21-14-7-5-6-13-10-15(22-17(13)14)12(3)18-24(19,20)16-9-8-11(2)23-16/h5-10,12,18H,4H2,1-3H3. The van der Waals surface area contributed by atoms with Crippen LogP contribution in [0.25, 0.3) is 11.0 Å². The van der Waals surface area contributed by atoms with Crippen molar-refractivity contribution in [2.45, 2.75) is 31.0 Å². The summed E-state index contributed by atoms with van der Waals surface area (Å²) < 4.78 is 39.3. The number of para-hydroxylation sites is 1. The summed E-state index contributed by atoms with van der Waals surface area (Å²) >= 11 is 1.24. The molecule has 0 fully saturated rings. The summed E-state index contributed by atoms with van der Waals surface area (Å²) in [5.41, 5.74) is 0.632. The Hall–Kier alpha value is -1.83. The molecule has 0 saturated heterocycles. The maximum absolute atomic E-state index is 12.4. The van der Waals surface area contributed by atoms with Crippen LogP contribution in [0.4, 0.5) is 0 Å². The number of thiophene rings is 1. The average molecular weight is 365 g/mol. The zero-order valence-electron chi connectivity index (χ0n) is 13.7. The second kappa shape index (κ2) is 6.58. The number of sulfonamides is 1. The largest absolute Gasteiger partial charge is 0.490 e. The number of furan rings is 1. The van der Waals surface area contributed by atoms with Gasteiger partial charge in [0.25, 0.3) is 10.0 Å². The molecule has 0 radical (unpaired) electrons. The highest BCUT2D eigenvalue weighted by molar-refractivity contribution is 7.91. The van der Waals surface area contributed by atoms with E-state index < -0.39 is 16.1 Å². The van der Waals surface area contributed by atoms with E-state index in [4.69, 9.17) is 9.15 Å². The lowest BCUT2D eigenvalue weighted by atomic mass is 10.2. The van der Waals surface area contributed by atoms with Gasteiger partial charge in [-0.05, 0) is 45.0 Å². The molecular weight excluding hydrogens is 346 g/mol. The van der Waals surface area contributed by atoms with Crippen molar-refractivity contribution in [2.24, 2.45) is 0 Å². The van der Waals surface area contributed by atoms with E-state index in [1.54, 1.807) is 19.1 Å². The van der Waals surface area contributed by atoms with Crippen LogP contribution in [0.15, 0.2) is 45.0 Å². The molecule has 128 valence electrons. The van der Waals surface area contributed by atoms with Gasteiger partial charge in [0.1, 0.15) is 9.97 Å². The zero-order valence-corrected chi connectivity index (χ0v) is 15.3. The summed E-state index contributed by atoms with van der Waals surface area (Å²) in [6.07, 6.45) is 0. The van der Waals surface area contributed by atoms with Gasteiger partial charge in [0.2, 0.25) is 0 Å². The fraction of sp³-hybridized carbons (Fsp3) is 0.294. The fourth-order valence-corrected chi connectivity index (χ4v) is 4.96. The molecule has 1 unspecified atom stereocenters. The van der Waals surface area contributed by atoms with E-state index >= 15 is 0 Å². The molecule has 0 spiro atoms. The monoisotopic (exact) mass is 365 g/mol. The molecule has 3 aromatic rings. The first-order chi connectivity index (χ1) is 11.4. The summed E-state index contributed by atoms with van der Waals surface area (Å²) in [6.45, 7) is 6.08. The van der Waals surface area contributed by atoms with Gasteiger partial charge in [-0.25, -0.2) is 13.1 Å². The zero-order chi connectivity index (χ0) is 17.3. The van der Waals surface area contributed by atoms with Crippen molar-refractivity contribution < 1.29 is 17.6 Å². The maximum atomic E-state index is 12.4. The summed E-state index contributed by atoms with van der Waals surface area (Å²) in [5, 5.41) is 0.883. The number of benzene rings is 1. The SMILES string of the molecule is CCOc1cccc2cc(C(C)NS(=O)(=O)c3ccc(C)s3)oc12. The van der Waals surface area contributed by atoms with Gasteiger partial charge in [-0.2, -0.15) is 0 Å². The van der Waals surface area contributed by atoms with Crippen LogP contribution in [0.1, 0.15) is 30.5 Å². The van der Waals surface area contributed by atoms with E-state index in [0.717, 1.165) is 10.3 Å². The highest BCUT2D eigenvalue weighted by Crippen LogP contribution is 2.32. The number of hydrogen-bond donors (Lipinski definition) is 1. The second-order valence-electron chi connectivity index (χ2n) is 5.46. The third-order valence-electron chi connectivity index (χ3n) is 3.57. The molecule has 3 rings (SSSR count). The first kappa shape index (κ1) is 17.0. The van der Waals surface area contributed by atoms with E-state index in [1.807, 2.05) is 38.1 Å². The molecule has 0 aliphatic carbocycles. The molecule has 7 heteroatoms. The van der Waals surface area contributed by atoms with E-state index in [9.17, 15) is 8.42 Å². The van der Waals surface area contributed by atoms with Crippen molar-refractivity contribution >= 4 is 32.3 Å². The van der Waals surface area contributed by atoms with Crippen molar-refractivity contribution in [1.29, 1.82) is 0 Å². The summed E-state index contributed by atoms with van der Waals surface area (Å²) in [6, 6.07) is 10.4. The Morgan fingerprint density at radius 1 is 1.29 bits per heavy atom. The van der Waals surface area contributed by atoms with Crippen molar-refractivity contribution in [2.75, 3.05) is 6.61 Å². The molecule has 2 aromatic heterocycles. The molecule has 1 N–H and O–H groups in total. The van der Waals surface area contributed by atoms with Crippen LogP contribution >= 0.6 is 11.3 Å². The maximum Gasteiger partial charge on any atom is 0.250 e. The highest BCUT2D eigenvalue weighted by atomic mass is 32.2. The van der Waals surface area contributed by atoms with Crippen LogP contribution < -0.4 is 9.46 Å². The molecule has 0 amide bonds. The number of ether oxygens (including phenoxy) is 1. The summed E-state index contributed by atoms with van der Waals surface area (Å²) in [4.78, 5) is 0.952. The number of hydrogen-bond acceptors (Lipinski definition) is 5. The average Bonchev–Trinajstić information content (AvgIpc) is 3.14. The molecule has 0 aliphatic heterocycles. The van der Waals surface area contributed by atoms with Gasteiger partial charge in [0, 0.05) is 10.3 Å². The molecule has 1 aromatic carbocycles. The number of aryl methyl sites for hydroxylation is 1. The molecule has 0 bridgehead atoms. The van der Waals surface area contributed by atoms with Crippen LogP contribution in [0.2, 0.25) is 0 Å². The van der Waals surface area contributed by atoms with Crippen molar-refractivity contribution in [3.63, 3.8) is 0 Å².